The van der Waals surface area contributed by atoms with Gasteiger partial charge in [0.25, 0.3) is 0 Å². The van der Waals surface area contributed by atoms with Gasteiger partial charge in [-0.1, -0.05) is 0 Å². The molecule has 0 aliphatic rings. The molecule has 0 aromatic carbocycles. The third kappa shape index (κ3) is 4.15. The third-order valence-electron chi connectivity index (χ3n) is 3.26. The number of nitrogens with one attached hydrogen (secondary N) is 1. The molecule has 0 unspecified atom stereocenters. The van der Waals surface area contributed by atoms with E-state index in [1.807, 2.05) is 17.9 Å². The molecule has 7 heteroatoms. The molecule has 2 aromatic rings. The van der Waals surface area contributed by atoms with Gasteiger partial charge in [-0.3, -0.25) is 4.68 Å². The van der Waals surface area contributed by atoms with E-state index < -0.39 is 0 Å². The fourth-order valence-electron chi connectivity index (χ4n) is 2.17. The van der Waals surface area contributed by atoms with Crippen molar-refractivity contribution in [1.29, 1.82) is 0 Å². The SMILES string of the molecule is CCn1nc(C)c(Br)c1Cn1cnc(CNCCOC)c1. The van der Waals surface area contributed by atoms with E-state index in [0.29, 0.717) is 6.61 Å². The molecule has 2 aromatic heterocycles. The number of hydrogen-bond donors (Lipinski definition) is 1. The molecular formula is C14H22BrN5O. The van der Waals surface area contributed by atoms with Crippen molar-refractivity contribution >= 4 is 15.9 Å². The van der Waals surface area contributed by atoms with Gasteiger partial charge in [0.2, 0.25) is 0 Å². The summed E-state index contributed by atoms with van der Waals surface area (Å²) in [7, 11) is 1.70. The van der Waals surface area contributed by atoms with Crippen LogP contribution >= 0.6 is 15.9 Å². The third-order valence-corrected chi connectivity index (χ3v) is 4.29. The number of nitrogens with zero attached hydrogens (tertiary/aromatic N) is 4. The summed E-state index contributed by atoms with van der Waals surface area (Å²) in [6, 6.07) is 0. The van der Waals surface area contributed by atoms with E-state index >= 15 is 0 Å². The minimum Gasteiger partial charge on any atom is -0.383 e. The van der Waals surface area contributed by atoms with E-state index in [4.69, 9.17) is 4.74 Å². The van der Waals surface area contributed by atoms with Crippen molar-refractivity contribution in [3.05, 3.63) is 34.1 Å². The Morgan fingerprint density at radius 2 is 2.24 bits per heavy atom. The summed E-state index contributed by atoms with van der Waals surface area (Å²) in [4.78, 5) is 4.42. The van der Waals surface area contributed by atoms with Crippen LogP contribution in [0.3, 0.4) is 0 Å². The highest BCUT2D eigenvalue weighted by molar-refractivity contribution is 9.10. The van der Waals surface area contributed by atoms with Gasteiger partial charge in [0.15, 0.2) is 0 Å². The highest BCUT2D eigenvalue weighted by Crippen LogP contribution is 2.22. The largest absolute Gasteiger partial charge is 0.383 e. The number of imidazole rings is 1. The van der Waals surface area contributed by atoms with Gasteiger partial charge in [-0.25, -0.2) is 4.98 Å². The summed E-state index contributed by atoms with van der Waals surface area (Å²) in [5, 5.41) is 7.80. The Hall–Kier alpha value is -1.18. The standard InChI is InChI=1S/C14H22BrN5O/c1-4-20-13(14(15)11(2)18-20)9-19-8-12(17-10-19)7-16-5-6-21-3/h8,10,16H,4-7,9H2,1-3H3. The second-order valence-corrected chi connectivity index (χ2v) is 5.66. The summed E-state index contributed by atoms with van der Waals surface area (Å²) < 4.78 is 10.2. The fraction of sp³-hybridized carbons (Fsp3) is 0.571. The smallest absolute Gasteiger partial charge is 0.0953 e. The highest BCUT2D eigenvalue weighted by atomic mass is 79.9. The average Bonchev–Trinajstić information content (AvgIpc) is 3.03. The second-order valence-electron chi connectivity index (χ2n) is 4.87. The molecule has 0 saturated carbocycles. The lowest BCUT2D eigenvalue weighted by atomic mass is 10.3. The molecule has 0 radical (unpaired) electrons. The van der Waals surface area contributed by atoms with E-state index in [1.165, 1.54) is 5.69 Å². The zero-order valence-corrected chi connectivity index (χ0v) is 14.4. The molecule has 0 atom stereocenters. The van der Waals surface area contributed by atoms with Crippen molar-refractivity contribution in [3.63, 3.8) is 0 Å². The number of halogens is 1. The first-order valence-electron chi connectivity index (χ1n) is 7.07. The Labute approximate surface area is 133 Å². The number of aromatic nitrogens is 4. The van der Waals surface area contributed by atoms with Gasteiger partial charge in [0.1, 0.15) is 0 Å². The minimum absolute atomic E-state index is 0.711. The lowest BCUT2D eigenvalue weighted by Crippen LogP contribution is -2.18. The molecule has 0 bridgehead atoms. The average molecular weight is 356 g/mol. The summed E-state index contributed by atoms with van der Waals surface area (Å²) in [5.41, 5.74) is 3.22. The molecule has 0 aliphatic carbocycles. The van der Waals surface area contributed by atoms with Crippen molar-refractivity contribution in [2.75, 3.05) is 20.3 Å². The maximum Gasteiger partial charge on any atom is 0.0953 e. The molecule has 116 valence electrons. The van der Waals surface area contributed by atoms with Crippen LogP contribution in [0.1, 0.15) is 24.0 Å². The second kappa shape index (κ2) is 7.72. The topological polar surface area (TPSA) is 56.9 Å². The highest BCUT2D eigenvalue weighted by Gasteiger charge is 2.12. The number of hydrogen-bond acceptors (Lipinski definition) is 4. The first-order chi connectivity index (χ1) is 10.2. The maximum absolute atomic E-state index is 5.00. The lowest BCUT2D eigenvalue weighted by molar-refractivity contribution is 0.199. The van der Waals surface area contributed by atoms with Crippen molar-refractivity contribution in [1.82, 2.24) is 24.6 Å². The summed E-state index contributed by atoms with van der Waals surface area (Å²) in [6.45, 7) is 8.03. The van der Waals surface area contributed by atoms with Gasteiger partial charge in [-0.15, -0.1) is 0 Å². The molecule has 0 spiro atoms. The van der Waals surface area contributed by atoms with Crippen molar-refractivity contribution < 1.29 is 4.74 Å². The Morgan fingerprint density at radius 3 is 2.95 bits per heavy atom. The van der Waals surface area contributed by atoms with Gasteiger partial charge >= 0.3 is 0 Å². The molecule has 0 fully saturated rings. The van der Waals surface area contributed by atoms with Crippen LogP contribution in [0.25, 0.3) is 0 Å². The van der Waals surface area contributed by atoms with Gasteiger partial charge < -0.3 is 14.6 Å². The van der Waals surface area contributed by atoms with E-state index in [0.717, 1.165) is 42.0 Å². The molecule has 21 heavy (non-hydrogen) atoms. The molecule has 2 rings (SSSR count). The molecule has 1 N–H and O–H groups in total. The van der Waals surface area contributed by atoms with Crippen LogP contribution in [0.2, 0.25) is 0 Å². The number of rotatable bonds is 8. The summed E-state index contributed by atoms with van der Waals surface area (Å²) >= 11 is 3.62. The molecule has 0 amide bonds. The Bertz CT molecular complexity index is 578. The zero-order valence-electron chi connectivity index (χ0n) is 12.8. The van der Waals surface area contributed by atoms with Crippen LogP contribution in [0.4, 0.5) is 0 Å². The van der Waals surface area contributed by atoms with E-state index in [2.05, 4.69) is 49.0 Å². The fourth-order valence-corrected chi connectivity index (χ4v) is 2.58. The summed E-state index contributed by atoms with van der Waals surface area (Å²) in [6.07, 6.45) is 3.93. The molecule has 2 heterocycles. The first kappa shape index (κ1) is 16.2. The van der Waals surface area contributed by atoms with Crippen LogP contribution in [-0.4, -0.2) is 39.6 Å². The van der Waals surface area contributed by atoms with Crippen LogP contribution in [0, 0.1) is 6.92 Å². The van der Waals surface area contributed by atoms with Gasteiger partial charge in [0, 0.05) is 32.9 Å². The minimum atomic E-state index is 0.711. The van der Waals surface area contributed by atoms with Crippen LogP contribution in [-0.2, 0) is 24.4 Å². The van der Waals surface area contributed by atoms with Crippen molar-refractivity contribution in [3.8, 4) is 0 Å². The van der Waals surface area contributed by atoms with E-state index in [1.54, 1.807) is 7.11 Å². The quantitative estimate of drug-likeness (QED) is 0.735. The number of methoxy groups -OCH3 is 1. The first-order valence-corrected chi connectivity index (χ1v) is 7.87. The number of ether oxygens (including phenoxy) is 1. The zero-order chi connectivity index (χ0) is 15.2. The molecule has 0 aliphatic heterocycles. The van der Waals surface area contributed by atoms with Crippen LogP contribution in [0.5, 0.6) is 0 Å². The Kier molecular flexibility index (Phi) is 5.96. The summed E-state index contributed by atoms with van der Waals surface area (Å²) in [5.74, 6) is 0. The lowest BCUT2D eigenvalue weighted by Gasteiger charge is -2.06. The predicted molar refractivity (Wildman–Crippen MR) is 85.2 cm³/mol. The maximum atomic E-state index is 5.00. The van der Waals surface area contributed by atoms with Crippen molar-refractivity contribution in [2.24, 2.45) is 0 Å². The van der Waals surface area contributed by atoms with E-state index in [9.17, 15) is 0 Å². The predicted octanol–water partition coefficient (Wildman–Crippen LogP) is 1.95. The van der Waals surface area contributed by atoms with Crippen molar-refractivity contribution in [2.45, 2.75) is 33.5 Å². The Balaban J connectivity index is 1.99. The normalized spacial score (nSPS) is 11.2. The van der Waals surface area contributed by atoms with Gasteiger partial charge in [-0.2, -0.15) is 5.10 Å². The Morgan fingerprint density at radius 1 is 1.43 bits per heavy atom. The van der Waals surface area contributed by atoms with Gasteiger partial charge in [0.05, 0.1) is 41.0 Å². The molecule has 6 nitrogen and oxygen atoms in total. The number of aryl methyl sites for hydroxylation is 2. The molecular weight excluding hydrogens is 334 g/mol. The van der Waals surface area contributed by atoms with Gasteiger partial charge in [-0.05, 0) is 29.8 Å². The van der Waals surface area contributed by atoms with Crippen LogP contribution < -0.4 is 5.32 Å². The monoisotopic (exact) mass is 355 g/mol. The van der Waals surface area contributed by atoms with Crippen LogP contribution in [0.15, 0.2) is 17.0 Å². The van der Waals surface area contributed by atoms with E-state index in [-0.39, 0.29) is 0 Å². The molecule has 0 saturated heterocycles.